The highest BCUT2D eigenvalue weighted by Gasteiger charge is 2.24. The molecule has 2 atom stereocenters. The fraction of sp³-hybridized carbons (Fsp3) is 0.304. The van der Waals surface area contributed by atoms with E-state index in [1.54, 1.807) is 13.3 Å². The average molecular weight is 427 g/mol. The molecule has 1 heterocycles. The summed E-state index contributed by atoms with van der Waals surface area (Å²) in [5, 5.41) is 6.85. The van der Waals surface area contributed by atoms with E-state index in [1.165, 1.54) is 0 Å². The fourth-order valence-corrected chi connectivity index (χ4v) is 3.52. The van der Waals surface area contributed by atoms with E-state index < -0.39 is 6.04 Å². The standard InChI is InChI=1S/C23H27ClN4O2/c1-15(2)20(16-8-10-18(24)11-9-16)26-23(29)27-21(22-25-12-13-28(22)3)17-6-5-7-19(14-17)30-4/h5-15,20-21H,1-4H3,(H2,26,27,29). The van der Waals surface area contributed by atoms with Gasteiger partial charge in [0.1, 0.15) is 17.6 Å². The number of halogens is 1. The molecule has 2 N–H and O–H groups in total. The number of ether oxygens (including phenoxy) is 1. The third-order valence-electron chi connectivity index (χ3n) is 5.00. The topological polar surface area (TPSA) is 68.2 Å². The van der Waals surface area contributed by atoms with Crippen molar-refractivity contribution in [1.82, 2.24) is 20.2 Å². The zero-order valence-corrected chi connectivity index (χ0v) is 18.4. The summed E-state index contributed by atoms with van der Waals surface area (Å²) >= 11 is 6.02. The first-order valence-corrected chi connectivity index (χ1v) is 10.2. The van der Waals surface area contributed by atoms with Gasteiger partial charge in [0, 0.05) is 24.5 Å². The average Bonchev–Trinajstić information content (AvgIpc) is 3.16. The second kappa shape index (κ2) is 9.67. The zero-order chi connectivity index (χ0) is 21.7. The number of hydrogen-bond acceptors (Lipinski definition) is 3. The van der Waals surface area contributed by atoms with Crippen LogP contribution in [0.5, 0.6) is 5.75 Å². The van der Waals surface area contributed by atoms with Gasteiger partial charge in [-0.3, -0.25) is 0 Å². The summed E-state index contributed by atoms with van der Waals surface area (Å²) in [6, 6.07) is 14.3. The largest absolute Gasteiger partial charge is 0.497 e. The Labute approximate surface area is 182 Å². The number of benzene rings is 2. The first-order chi connectivity index (χ1) is 14.4. The number of rotatable bonds is 7. The molecule has 2 amide bonds. The van der Waals surface area contributed by atoms with Gasteiger partial charge in [-0.05, 0) is 41.3 Å². The maximum Gasteiger partial charge on any atom is 0.316 e. The number of nitrogens with one attached hydrogen (secondary N) is 2. The normalized spacial score (nSPS) is 13.0. The molecular weight excluding hydrogens is 400 g/mol. The quantitative estimate of drug-likeness (QED) is 0.566. The molecule has 0 saturated heterocycles. The fourth-order valence-electron chi connectivity index (χ4n) is 3.39. The lowest BCUT2D eigenvalue weighted by atomic mass is 9.96. The molecule has 0 bridgehead atoms. The number of imidazole rings is 1. The number of methoxy groups -OCH3 is 1. The van der Waals surface area contributed by atoms with E-state index >= 15 is 0 Å². The van der Waals surface area contributed by atoms with Gasteiger partial charge in [-0.25, -0.2) is 9.78 Å². The summed E-state index contributed by atoms with van der Waals surface area (Å²) in [4.78, 5) is 17.5. The molecule has 0 saturated carbocycles. The van der Waals surface area contributed by atoms with Crippen LogP contribution in [0, 0.1) is 5.92 Å². The molecular formula is C23H27ClN4O2. The van der Waals surface area contributed by atoms with Gasteiger partial charge in [-0.1, -0.05) is 49.7 Å². The van der Waals surface area contributed by atoms with Crippen molar-refractivity contribution in [3.05, 3.63) is 82.9 Å². The van der Waals surface area contributed by atoms with Crippen LogP contribution in [-0.2, 0) is 7.05 Å². The van der Waals surface area contributed by atoms with Crippen LogP contribution in [0.25, 0.3) is 0 Å². The minimum absolute atomic E-state index is 0.158. The maximum absolute atomic E-state index is 13.0. The Morgan fingerprint density at radius 3 is 2.43 bits per heavy atom. The third kappa shape index (κ3) is 5.13. The molecule has 0 radical (unpaired) electrons. The van der Waals surface area contributed by atoms with E-state index in [2.05, 4.69) is 29.5 Å². The molecule has 7 heteroatoms. The highest BCUT2D eigenvalue weighted by Crippen LogP contribution is 2.26. The highest BCUT2D eigenvalue weighted by atomic mass is 35.5. The van der Waals surface area contributed by atoms with Crippen LogP contribution in [0.15, 0.2) is 60.9 Å². The summed E-state index contributed by atoms with van der Waals surface area (Å²) in [5.74, 6) is 1.64. The molecule has 0 aliphatic rings. The van der Waals surface area contributed by atoms with Crippen LogP contribution in [0.2, 0.25) is 5.02 Å². The van der Waals surface area contributed by atoms with Gasteiger partial charge in [0.2, 0.25) is 0 Å². The molecule has 158 valence electrons. The molecule has 0 spiro atoms. The molecule has 30 heavy (non-hydrogen) atoms. The predicted octanol–water partition coefficient (Wildman–Crippen LogP) is 4.87. The van der Waals surface area contributed by atoms with Crippen molar-refractivity contribution in [3.63, 3.8) is 0 Å². The van der Waals surface area contributed by atoms with Gasteiger partial charge in [-0.15, -0.1) is 0 Å². The van der Waals surface area contributed by atoms with Crippen LogP contribution in [0.4, 0.5) is 4.79 Å². The summed E-state index contributed by atoms with van der Waals surface area (Å²) in [7, 11) is 3.52. The van der Waals surface area contributed by atoms with Gasteiger partial charge in [-0.2, -0.15) is 0 Å². The molecule has 3 aromatic rings. The van der Waals surface area contributed by atoms with E-state index in [-0.39, 0.29) is 18.0 Å². The number of carbonyl (C=O) groups excluding carboxylic acids is 1. The zero-order valence-electron chi connectivity index (χ0n) is 17.6. The molecule has 6 nitrogen and oxygen atoms in total. The lowest BCUT2D eigenvalue weighted by Gasteiger charge is -2.26. The smallest absolute Gasteiger partial charge is 0.316 e. The number of urea groups is 1. The Morgan fingerprint density at radius 2 is 1.83 bits per heavy atom. The highest BCUT2D eigenvalue weighted by molar-refractivity contribution is 6.30. The van der Waals surface area contributed by atoms with Crippen molar-refractivity contribution in [2.24, 2.45) is 13.0 Å². The molecule has 1 aromatic heterocycles. The first kappa shape index (κ1) is 21.7. The predicted molar refractivity (Wildman–Crippen MR) is 119 cm³/mol. The second-order valence-corrected chi connectivity index (χ2v) is 7.93. The number of hydrogen-bond donors (Lipinski definition) is 2. The number of aromatic nitrogens is 2. The minimum Gasteiger partial charge on any atom is -0.497 e. The molecule has 3 rings (SSSR count). The van der Waals surface area contributed by atoms with Crippen LogP contribution in [0.3, 0.4) is 0 Å². The Morgan fingerprint density at radius 1 is 1.10 bits per heavy atom. The van der Waals surface area contributed by atoms with Crippen LogP contribution < -0.4 is 15.4 Å². The lowest BCUT2D eigenvalue weighted by molar-refractivity contribution is 0.230. The Hall–Kier alpha value is -2.99. The van der Waals surface area contributed by atoms with E-state index in [9.17, 15) is 4.79 Å². The minimum atomic E-state index is -0.432. The summed E-state index contributed by atoms with van der Waals surface area (Å²) in [6.07, 6.45) is 3.57. The van der Waals surface area contributed by atoms with E-state index in [0.717, 1.165) is 22.7 Å². The van der Waals surface area contributed by atoms with Gasteiger partial charge < -0.3 is 19.9 Å². The van der Waals surface area contributed by atoms with E-state index in [1.807, 2.05) is 66.3 Å². The van der Waals surface area contributed by atoms with E-state index in [4.69, 9.17) is 16.3 Å². The van der Waals surface area contributed by atoms with Gasteiger partial charge in [0.05, 0.1) is 13.2 Å². The molecule has 2 aromatic carbocycles. The van der Waals surface area contributed by atoms with Crippen molar-refractivity contribution in [3.8, 4) is 5.75 Å². The number of amides is 2. The summed E-state index contributed by atoms with van der Waals surface area (Å²) < 4.78 is 7.25. The Kier molecular flexibility index (Phi) is 7.00. The van der Waals surface area contributed by atoms with Crippen molar-refractivity contribution in [2.75, 3.05) is 7.11 Å². The van der Waals surface area contributed by atoms with Crippen LogP contribution in [-0.4, -0.2) is 22.7 Å². The Balaban J connectivity index is 1.85. The first-order valence-electron chi connectivity index (χ1n) is 9.82. The Bertz CT molecular complexity index is 985. The van der Waals surface area contributed by atoms with Crippen molar-refractivity contribution in [2.45, 2.75) is 25.9 Å². The van der Waals surface area contributed by atoms with Gasteiger partial charge in [0.25, 0.3) is 0 Å². The van der Waals surface area contributed by atoms with Crippen molar-refractivity contribution >= 4 is 17.6 Å². The third-order valence-corrected chi connectivity index (χ3v) is 5.25. The number of carbonyl (C=O) groups is 1. The van der Waals surface area contributed by atoms with Crippen LogP contribution >= 0.6 is 11.6 Å². The van der Waals surface area contributed by atoms with E-state index in [0.29, 0.717) is 5.02 Å². The molecule has 2 unspecified atom stereocenters. The van der Waals surface area contributed by atoms with Crippen molar-refractivity contribution < 1.29 is 9.53 Å². The van der Waals surface area contributed by atoms with Gasteiger partial charge in [0.15, 0.2) is 0 Å². The SMILES string of the molecule is COc1cccc(C(NC(=O)NC(c2ccc(Cl)cc2)C(C)C)c2nccn2C)c1. The maximum atomic E-state index is 13.0. The monoisotopic (exact) mass is 426 g/mol. The lowest BCUT2D eigenvalue weighted by Crippen LogP contribution is -2.42. The molecule has 0 aliphatic carbocycles. The molecule has 0 fully saturated rings. The summed E-state index contributed by atoms with van der Waals surface area (Å²) in [5.41, 5.74) is 1.88. The number of aryl methyl sites for hydroxylation is 1. The van der Waals surface area contributed by atoms with Gasteiger partial charge >= 0.3 is 6.03 Å². The number of nitrogens with zero attached hydrogens (tertiary/aromatic N) is 2. The van der Waals surface area contributed by atoms with Crippen molar-refractivity contribution in [1.29, 1.82) is 0 Å². The summed E-state index contributed by atoms with van der Waals surface area (Å²) in [6.45, 7) is 4.13. The molecule has 0 aliphatic heterocycles. The second-order valence-electron chi connectivity index (χ2n) is 7.50. The van der Waals surface area contributed by atoms with Crippen LogP contribution in [0.1, 0.15) is 42.9 Å².